The maximum Gasteiger partial charge on any atom is 0.415 e. The molecule has 0 saturated heterocycles. The molecule has 0 aliphatic heterocycles. The Morgan fingerprint density at radius 2 is 1.56 bits per heavy atom. The molecule has 0 saturated carbocycles. The van der Waals surface area contributed by atoms with Gasteiger partial charge in [0.05, 0.1) is 27.3 Å². The first kappa shape index (κ1) is 16.6. The Labute approximate surface area is 101 Å². The van der Waals surface area contributed by atoms with Crippen LogP contribution in [0.15, 0.2) is 0 Å². The van der Waals surface area contributed by atoms with E-state index in [1.165, 1.54) is 0 Å². The van der Waals surface area contributed by atoms with Crippen LogP contribution in [0.2, 0.25) is 0 Å². The van der Waals surface area contributed by atoms with E-state index in [1.807, 2.05) is 0 Å². The smallest absolute Gasteiger partial charge is 0.415 e. The maximum atomic E-state index is 12.1. The van der Waals surface area contributed by atoms with Gasteiger partial charge in [-0.2, -0.15) is 13.2 Å². The van der Waals surface area contributed by atoms with Crippen LogP contribution >= 0.6 is 0 Å². The largest absolute Gasteiger partial charge is 0.468 e. The summed E-state index contributed by atoms with van der Waals surface area (Å²) in [4.78, 5) is 22.7. The lowest BCUT2D eigenvalue weighted by atomic mass is 10.3. The third-order valence-corrected chi connectivity index (χ3v) is 1.97. The molecule has 1 unspecified atom stereocenters. The Morgan fingerprint density at radius 1 is 1.17 bits per heavy atom. The number of nitrogens with zero attached hydrogens (tertiary/aromatic N) is 1. The lowest BCUT2D eigenvalue weighted by Crippen LogP contribution is -2.45. The monoisotopic (exact) mass is 273 g/mol. The van der Waals surface area contributed by atoms with E-state index in [0.717, 1.165) is 19.1 Å². The van der Waals surface area contributed by atoms with Crippen LogP contribution in [0.1, 0.15) is 0 Å². The van der Waals surface area contributed by atoms with Gasteiger partial charge in [-0.1, -0.05) is 0 Å². The molecule has 106 valence electrons. The minimum Gasteiger partial charge on any atom is -0.468 e. The molecule has 0 rings (SSSR count). The van der Waals surface area contributed by atoms with Gasteiger partial charge in [0.25, 0.3) is 0 Å². The molecular formula is C9H14F3NO5. The summed E-state index contributed by atoms with van der Waals surface area (Å²) >= 11 is 0. The molecule has 1 atom stereocenters. The third-order valence-electron chi connectivity index (χ3n) is 1.97. The molecule has 0 bridgehead atoms. The molecule has 0 aromatic carbocycles. The SMILES string of the molecule is COC(=O)CN(CC(=O)OC)CC(O)C(F)(F)F. The number of alkyl halides is 3. The molecule has 0 radical (unpaired) electrons. The summed E-state index contributed by atoms with van der Waals surface area (Å²) in [6, 6.07) is 0. The summed E-state index contributed by atoms with van der Waals surface area (Å²) < 4.78 is 45.0. The highest BCUT2D eigenvalue weighted by Crippen LogP contribution is 2.20. The van der Waals surface area contributed by atoms with E-state index in [4.69, 9.17) is 5.11 Å². The average Bonchev–Trinajstić information content (AvgIpc) is 2.27. The Morgan fingerprint density at radius 3 is 1.83 bits per heavy atom. The van der Waals surface area contributed by atoms with Crippen molar-refractivity contribution in [3.8, 4) is 0 Å². The van der Waals surface area contributed by atoms with Crippen molar-refractivity contribution in [2.24, 2.45) is 0 Å². The van der Waals surface area contributed by atoms with Gasteiger partial charge in [0, 0.05) is 6.54 Å². The Bertz CT molecular complexity index is 276. The van der Waals surface area contributed by atoms with Gasteiger partial charge in [-0.05, 0) is 0 Å². The fraction of sp³-hybridized carbons (Fsp3) is 0.778. The highest BCUT2D eigenvalue weighted by atomic mass is 19.4. The van der Waals surface area contributed by atoms with Crippen molar-refractivity contribution in [3.05, 3.63) is 0 Å². The zero-order chi connectivity index (χ0) is 14.3. The Balaban J connectivity index is 4.56. The fourth-order valence-corrected chi connectivity index (χ4v) is 1.03. The first-order valence-corrected chi connectivity index (χ1v) is 4.81. The molecule has 18 heavy (non-hydrogen) atoms. The minimum absolute atomic E-state index is 0.557. The second-order valence-electron chi connectivity index (χ2n) is 3.38. The quantitative estimate of drug-likeness (QED) is 0.661. The molecule has 6 nitrogen and oxygen atoms in total. The zero-order valence-corrected chi connectivity index (χ0v) is 9.86. The number of esters is 2. The molecular weight excluding hydrogens is 259 g/mol. The summed E-state index contributed by atoms with van der Waals surface area (Å²) in [7, 11) is 2.11. The van der Waals surface area contributed by atoms with E-state index in [-0.39, 0.29) is 0 Å². The molecule has 0 aromatic heterocycles. The second-order valence-corrected chi connectivity index (χ2v) is 3.38. The minimum atomic E-state index is -4.83. The predicted octanol–water partition coefficient (Wildman–Crippen LogP) is -0.442. The number of methoxy groups -OCH3 is 2. The highest BCUT2D eigenvalue weighted by Gasteiger charge is 2.39. The van der Waals surface area contributed by atoms with Crippen LogP contribution in [0.3, 0.4) is 0 Å². The van der Waals surface area contributed by atoms with Crippen LogP contribution in [-0.2, 0) is 19.1 Å². The van der Waals surface area contributed by atoms with Crippen molar-refractivity contribution < 1.29 is 37.3 Å². The summed E-state index contributed by atoms with van der Waals surface area (Å²) in [6.45, 7) is -2.04. The molecule has 0 fully saturated rings. The average molecular weight is 273 g/mol. The summed E-state index contributed by atoms with van der Waals surface area (Å²) in [5.41, 5.74) is 0. The summed E-state index contributed by atoms with van der Waals surface area (Å²) in [6.07, 6.45) is -7.49. The lowest BCUT2D eigenvalue weighted by molar-refractivity contribution is -0.209. The molecule has 0 aliphatic rings. The molecule has 0 heterocycles. The topological polar surface area (TPSA) is 76.1 Å². The predicted molar refractivity (Wildman–Crippen MR) is 52.5 cm³/mol. The van der Waals surface area contributed by atoms with Gasteiger partial charge < -0.3 is 14.6 Å². The number of aliphatic hydroxyl groups is 1. The van der Waals surface area contributed by atoms with E-state index in [0.29, 0.717) is 0 Å². The number of ether oxygens (including phenoxy) is 2. The number of hydrogen-bond acceptors (Lipinski definition) is 6. The first-order valence-electron chi connectivity index (χ1n) is 4.81. The lowest BCUT2D eigenvalue weighted by Gasteiger charge is -2.23. The fourth-order valence-electron chi connectivity index (χ4n) is 1.03. The van der Waals surface area contributed by atoms with Crippen LogP contribution in [0.25, 0.3) is 0 Å². The van der Waals surface area contributed by atoms with Gasteiger partial charge in [0.2, 0.25) is 0 Å². The van der Waals surface area contributed by atoms with E-state index in [9.17, 15) is 22.8 Å². The molecule has 0 spiro atoms. The summed E-state index contributed by atoms with van der Waals surface area (Å²) in [5.74, 6) is -1.65. The van der Waals surface area contributed by atoms with Gasteiger partial charge in [-0.3, -0.25) is 14.5 Å². The third kappa shape index (κ3) is 6.40. The molecule has 1 N–H and O–H groups in total. The molecule has 9 heteroatoms. The zero-order valence-electron chi connectivity index (χ0n) is 9.86. The standard InChI is InChI=1S/C9H14F3NO5/c1-17-7(15)4-13(5-8(16)18-2)3-6(14)9(10,11)12/h6,14H,3-5H2,1-2H3. The van der Waals surface area contributed by atoms with Gasteiger partial charge in [-0.15, -0.1) is 0 Å². The van der Waals surface area contributed by atoms with Crippen LogP contribution < -0.4 is 0 Å². The molecule has 0 aromatic rings. The summed E-state index contributed by atoms with van der Waals surface area (Å²) in [5, 5.41) is 8.86. The molecule has 0 aliphatic carbocycles. The number of hydrogen-bond donors (Lipinski definition) is 1. The number of carbonyl (C=O) groups excluding carboxylic acids is 2. The van der Waals surface area contributed by atoms with E-state index < -0.39 is 43.9 Å². The van der Waals surface area contributed by atoms with Crippen LogP contribution in [0.4, 0.5) is 13.2 Å². The number of aliphatic hydroxyl groups excluding tert-OH is 1. The van der Waals surface area contributed by atoms with Crippen LogP contribution in [0, 0.1) is 0 Å². The highest BCUT2D eigenvalue weighted by molar-refractivity contribution is 5.74. The van der Waals surface area contributed by atoms with Crippen LogP contribution in [0.5, 0.6) is 0 Å². The van der Waals surface area contributed by atoms with E-state index in [2.05, 4.69) is 9.47 Å². The van der Waals surface area contributed by atoms with Gasteiger partial charge in [0.1, 0.15) is 0 Å². The van der Waals surface area contributed by atoms with Crippen molar-refractivity contribution in [1.82, 2.24) is 4.90 Å². The first-order chi connectivity index (χ1) is 8.20. The number of carbonyl (C=O) groups is 2. The van der Waals surface area contributed by atoms with Crippen molar-refractivity contribution in [2.45, 2.75) is 12.3 Å². The van der Waals surface area contributed by atoms with Crippen molar-refractivity contribution in [1.29, 1.82) is 0 Å². The van der Waals surface area contributed by atoms with Gasteiger partial charge in [0.15, 0.2) is 6.10 Å². The second kappa shape index (κ2) is 7.17. The Kier molecular flexibility index (Phi) is 6.63. The van der Waals surface area contributed by atoms with Crippen molar-refractivity contribution in [2.75, 3.05) is 33.9 Å². The van der Waals surface area contributed by atoms with Crippen LogP contribution in [-0.4, -0.2) is 68.1 Å². The normalized spacial score (nSPS) is 13.3. The van der Waals surface area contributed by atoms with Crippen molar-refractivity contribution >= 4 is 11.9 Å². The maximum absolute atomic E-state index is 12.1. The van der Waals surface area contributed by atoms with E-state index >= 15 is 0 Å². The van der Waals surface area contributed by atoms with Crippen molar-refractivity contribution in [3.63, 3.8) is 0 Å². The Hall–Kier alpha value is -1.35. The van der Waals surface area contributed by atoms with Gasteiger partial charge in [-0.25, -0.2) is 0 Å². The van der Waals surface area contributed by atoms with Gasteiger partial charge >= 0.3 is 18.1 Å². The number of rotatable bonds is 6. The number of halogens is 3. The van der Waals surface area contributed by atoms with E-state index in [1.54, 1.807) is 0 Å². The molecule has 0 amide bonds.